The fourth-order valence-electron chi connectivity index (χ4n) is 2.90. The van der Waals surface area contributed by atoms with Crippen LogP contribution in [-0.4, -0.2) is 53.9 Å². The summed E-state index contributed by atoms with van der Waals surface area (Å²) in [7, 11) is 0. The molecule has 0 aromatic carbocycles. The second kappa shape index (κ2) is 7.25. The molecule has 2 aliphatic rings. The lowest BCUT2D eigenvalue weighted by molar-refractivity contribution is -0.262. The Morgan fingerprint density at radius 1 is 1.30 bits per heavy atom. The van der Waals surface area contributed by atoms with Gasteiger partial charge in [0.15, 0.2) is 5.79 Å². The number of esters is 1. The van der Waals surface area contributed by atoms with E-state index in [0.29, 0.717) is 6.42 Å². The Balaban J connectivity index is 1.82. The van der Waals surface area contributed by atoms with Crippen LogP contribution in [0.15, 0.2) is 0 Å². The molecule has 7 heteroatoms. The van der Waals surface area contributed by atoms with Gasteiger partial charge in [0.1, 0.15) is 31.0 Å². The topological polar surface area (TPSA) is 91.3 Å². The Bertz CT molecular complexity index is 448. The highest BCUT2D eigenvalue weighted by Crippen LogP contribution is 2.43. The third kappa shape index (κ3) is 4.50. The van der Waals surface area contributed by atoms with Crippen molar-refractivity contribution in [2.45, 2.75) is 76.7 Å². The molecule has 0 radical (unpaired) electrons. The second-order valence-corrected chi connectivity index (χ2v) is 6.56. The molecule has 0 saturated carbocycles. The summed E-state index contributed by atoms with van der Waals surface area (Å²) in [6.45, 7) is 5.29. The monoisotopic (exact) mass is 330 g/mol. The first kappa shape index (κ1) is 18.3. The number of hydrogen-bond acceptors (Lipinski definition) is 7. The van der Waals surface area contributed by atoms with Crippen molar-refractivity contribution in [1.29, 1.82) is 0 Å². The van der Waals surface area contributed by atoms with Crippen LogP contribution in [0.3, 0.4) is 0 Å². The standard InChI is InChI=1S/C16H26O7/c1-4-5-6-7-11(17)8-13(19)20-10-16-14(12(18)9-21-16)22-15(2,3)23-16/h12,14,18H,4-10H2,1-3H3/t12-,14-,16-/m0/s1. The molecule has 0 bridgehead atoms. The van der Waals surface area contributed by atoms with E-state index in [4.69, 9.17) is 18.9 Å². The van der Waals surface area contributed by atoms with Gasteiger partial charge in [0.05, 0.1) is 6.61 Å². The first-order chi connectivity index (χ1) is 10.8. The van der Waals surface area contributed by atoms with Gasteiger partial charge in [-0.05, 0) is 20.3 Å². The summed E-state index contributed by atoms with van der Waals surface area (Å²) in [5.74, 6) is -2.98. The SMILES string of the molecule is CCCCCC(=O)CC(=O)OC[C@@]12OC[C@H](O)[C@@H]1OC(C)(C)O2. The molecule has 3 atom stereocenters. The molecule has 0 aromatic rings. The first-order valence-electron chi connectivity index (χ1n) is 8.15. The lowest BCUT2D eigenvalue weighted by Gasteiger charge is -2.26. The van der Waals surface area contributed by atoms with Gasteiger partial charge in [-0.3, -0.25) is 9.59 Å². The van der Waals surface area contributed by atoms with Crippen molar-refractivity contribution in [2.24, 2.45) is 0 Å². The average molecular weight is 330 g/mol. The molecule has 7 nitrogen and oxygen atoms in total. The van der Waals surface area contributed by atoms with E-state index in [-0.39, 0.29) is 25.4 Å². The summed E-state index contributed by atoms with van der Waals surface area (Å²) >= 11 is 0. The molecule has 0 spiro atoms. The van der Waals surface area contributed by atoms with Crippen LogP contribution in [0.4, 0.5) is 0 Å². The number of aliphatic hydroxyl groups is 1. The Morgan fingerprint density at radius 3 is 2.74 bits per heavy atom. The van der Waals surface area contributed by atoms with Crippen molar-refractivity contribution in [2.75, 3.05) is 13.2 Å². The van der Waals surface area contributed by atoms with Crippen LogP contribution in [0.1, 0.15) is 52.9 Å². The summed E-state index contributed by atoms with van der Waals surface area (Å²) in [6.07, 6.45) is 1.35. The highest BCUT2D eigenvalue weighted by Gasteiger charge is 2.62. The van der Waals surface area contributed by atoms with E-state index in [1.165, 1.54) is 0 Å². The highest BCUT2D eigenvalue weighted by molar-refractivity contribution is 5.95. The Kier molecular flexibility index (Phi) is 5.78. The number of ether oxygens (including phenoxy) is 4. The number of unbranched alkanes of at least 4 members (excludes halogenated alkanes) is 2. The maximum Gasteiger partial charge on any atom is 0.313 e. The fourth-order valence-corrected chi connectivity index (χ4v) is 2.90. The van der Waals surface area contributed by atoms with Gasteiger partial charge < -0.3 is 24.1 Å². The van der Waals surface area contributed by atoms with Crippen molar-refractivity contribution in [1.82, 2.24) is 0 Å². The van der Waals surface area contributed by atoms with E-state index in [2.05, 4.69) is 6.92 Å². The highest BCUT2D eigenvalue weighted by atomic mass is 16.9. The number of rotatable bonds is 8. The number of carbonyl (C=O) groups excluding carboxylic acids is 2. The number of ketones is 1. The molecule has 0 unspecified atom stereocenters. The van der Waals surface area contributed by atoms with Crippen molar-refractivity contribution < 1.29 is 33.6 Å². The van der Waals surface area contributed by atoms with E-state index in [1.54, 1.807) is 13.8 Å². The molecule has 0 aromatic heterocycles. The van der Waals surface area contributed by atoms with Crippen LogP contribution in [0.5, 0.6) is 0 Å². The minimum Gasteiger partial charge on any atom is -0.459 e. The molecule has 23 heavy (non-hydrogen) atoms. The first-order valence-corrected chi connectivity index (χ1v) is 8.15. The van der Waals surface area contributed by atoms with Crippen LogP contribution in [0.25, 0.3) is 0 Å². The number of aliphatic hydroxyl groups excluding tert-OH is 1. The molecule has 1 N–H and O–H groups in total. The average Bonchev–Trinajstić information content (AvgIpc) is 2.89. The van der Waals surface area contributed by atoms with Gasteiger partial charge >= 0.3 is 5.97 Å². The Hall–Kier alpha value is -1.02. The van der Waals surface area contributed by atoms with Gasteiger partial charge in [0.2, 0.25) is 5.79 Å². The van der Waals surface area contributed by atoms with Crippen LogP contribution >= 0.6 is 0 Å². The number of Topliss-reactive ketones (excluding diaryl/α,β-unsaturated/α-hetero) is 1. The number of hydrogen-bond donors (Lipinski definition) is 1. The quantitative estimate of drug-likeness (QED) is 0.407. The lowest BCUT2D eigenvalue weighted by atomic mass is 10.1. The van der Waals surface area contributed by atoms with Crippen LogP contribution in [0.2, 0.25) is 0 Å². The molecule has 2 saturated heterocycles. The zero-order valence-electron chi connectivity index (χ0n) is 14.0. The van der Waals surface area contributed by atoms with Gasteiger partial charge in [-0.25, -0.2) is 0 Å². The zero-order chi connectivity index (χ0) is 17.1. The van der Waals surface area contributed by atoms with Crippen molar-refractivity contribution in [3.63, 3.8) is 0 Å². The van der Waals surface area contributed by atoms with E-state index in [0.717, 1.165) is 19.3 Å². The summed E-state index contributed by atoms with van der Waals surface area (Å²) < 4.78 is 21.9. The lowest BCUT2D eigenvalue weighted by Crippen LogP contribution is -2.45. The molecule has 2 aliphatic heterocycles. The summed E-state index contributed by atoms with van der Waals surface area (Å²) in [5, 5.41) is 9.90. The minimum absolute atomic E-state index is 0.0498. The van der Waals surface area contributed by atoms with Crippen LogP contribution in [0, 0.1) is 0 Å². The van der Waals surface area contributed by atoms with Crippen molar-refractivity contribution in [3.05, 3.63) is 0 Å². The Labute approximate surface area is 136 Å². The fraction of sp³-hybridized carbons (Fsp3) is 0.875. The molecule has 0 aliphatic carbocycles. The van der Waals surface area contributed by atoms with Crippen LogP contribution < -0.4 is 0 Å². The third-order valence-corrected chi connectivity index (χ3v) is 3.95. The van der Waals surface area contributed by atoms with Gasteiger partial charge in [0, 0.05) is 6.42 Å². The van der Waals surface area contributed by atoms with Gasteiger partial charge in [-0.1, -0.05) is 19.8 Å². The molecular weight excluding hydrogens is 304 g/mol. The number of fused-ring (bicyclic) bond motifs is 1. The third-order valence-electron chi connectivity index (χ3n) is 3.95. The second-order valence-electron chi connectivity index (χ2n) is 6.56. The molecule has 2 rings (SSSR count). The Morgan fingerprint density at radius 2 is 2.04 bits per heavy atom. The van der Waals surface area contributed by atoms with E-state index in [9.17, 15) is 14.7 Å². The summed E-state index contributed by atoms with van der Waals surface area (Å²) in [5.41, 5.74) is 0. The molecule has 132 valence electrons. The van der Waals surface area contributed by atoms with E-state index < -0.39 is 29.8 Å². The van der Waals surface area contributed by atoms with Crippen LogP contribution in [-0.2, 0) is 28.5 Å². The molecule has 0 amide bonds. The molecular formula is C16H26O7. The maximum atomic E-state index is 11.8. The number of carbonyl (C=O) groups is 2. The summed E-state index contributed by atoms with van der Waals surface area (Å²) in [6, 6.07) is 0. The zero-order valence-corrected chi connectivity index (χ0v) is 14.0. The summed E-state index contributed by atoms with van der Waals surface area (Å²) in [4.78, 5) is 23.5. The van der Waals surface area contributed by atoms with Crippen molar-refractivity contribution in [3.8, 4) is 0 Å². The largest absolute Gasteiger partial charge is 0.459 e. The van der Waals surface area contributed by atoms with Gasteiger partial charge in [-0.15, -0.1) is 0 Å². The molecule has 2 fully saturated rings. The van der Waals surface area contributed by atoms with Gasteiger partial charge in [-0.2, -0.15) is 0 Å². The smallest absolute Gasteiger partial charge is 0.313 e. The normalized spacial score (nSPS) is 31.8. The van der Waals surface area contributed by atoms with E-state index >= 15 is 0 Å². The van der Waals surface area contributed by atoms with E-state index in [1.807, 2.05) is 0 Å². The van der Waals surface area contributed by atoms with Gasteiger partial charge in [0.25, 0.3) is 0 Å². The predicted octanol–water partition coefficient (Wildman–Crippen LogP) is 1.31. The van der Waals surface area contributed by atoms with Crippen molar-refractivity contribution >= 4 is 11.8 Å². The maximum absolute atomic E-state index is 11.8. The molecule has 2 heterocycles. The minimum atomic E-state index is -1.30. The predicted molar refractivity (Wildman–Crippen MR) is 79.5 cm³/mol.